The normalized spacial score (nSPS) is 37.0. The first-order valence-corrected chi connectivity index (χ1v) is 12.7. The van der Waals surface area contributed by atoms with Crippen molar-refractivity contribution in [3.63, 3.8) is 0 Å². The van der Waals surface area contributed by atoms with Crippen LogP contribution in [0.5, 0.6) is 0 Å². The Morgan fingerprint density at radius 3 is 2.21 bits per heavy atom. The maximum Gasteiger partial charge on any atom is -0.0140 e. The van der Waals surface area contributed by atoms with E-state index in [0.29, 0.717) is 0 Å². The monoisotopic (exact) mass is 382 g/mol. The van der Waals surface area contributed by atoms with Crippen molar-refractivity contribution in [2.24, 2.45) is 35.5 Å². The van der Waals surface area contributed by atoms with Crippen LogP contribution in [0.1, 0.15) is 103 Å². The Balaban J connectivity index is 1.44. The molecule has 2 atom stereocenters. The van der Waals surface area contributed by atoms with Gasteiger partial charge in [0.05, 0.1) is 0 Å². The molecule has 0 nitrogen and oxygen atoms in total. The van der Waals surface area contributed by atoms with Crippen LogP contribution in [0.15, 0.2) is 37.0 Å². The van der Waals surface area contributed by atoms with Gasteiger partial charge in [-0.2, -0.15) is 0 Å². The van der Waals surface area contributed by atoms with Gasteiger partial charge in [0, 0.05) is 0 Å². The molecule has 2 unspecified atom stereocenters. The molecule has 3 saturated carbocycles. The largest absolute Gasteiger partial charge is 0.103 e. The summed E-state index contributed by atoms with van der Waals surface area (Å²) in [6.45, 7) is 11.0. The van der Waals surface area contributed by atoms with Gasteiger partial charge in [0.25, 0.3) is 0 Å². The molecule has 0 heteroatoms. The fourth-order valence-corrected chi connectivity index (χ4v) is 6.41. The van der Waals surface area contributed by atoms with Gasteiger partial charge >= 0.3 is 0 Å². The van der Waals surface area contributed by atoms with Crippen LogP contribution in [0.25, 0.3) is 0 Å². The van der Waals surface area contributed by atoms with Crippen molar-refractivity contribution in [2.45, 2.75) is 103 Å². The van der Waals surface area contributed by atoms with Crippen molar-refractivity contribution in [3.05, 3.63) is 37.0 Å². The van der Waals surface area contributed by atoms with Gasteiger partial charge in [-0.1, -0.05) is 56.6 Å². The maximum atomic E-state index is 4.68. The number of rotatable bonds is 8. The summed E-state index contributed by atoms with van der Waals surface area (Å²) in [6, 6.07) is 0. The Kier molecular flexibility index (Phi) is 8.94. The maximum absolute atomic E-state index is 4.68. The Bertz CT molecular complexity index is 496. The average Bonchev–Trinajstić information content (AvgIpc) is 2.77. The van der Waals surface area contributed by atoms with Crippen LogP contribution in [-0.4, -0.2) is 0 Å². The predicted octanol–water partition coefficient (Wildman–Crippen LogP) is 8.89. The van der Waals surface area contributed by atoms with E-state index in [1.165, 1.54) is 96.3 Å². The fraction of sp³-hybridized carbons (Fsp3) is 0.786. The first-order chi connectivity index (χ1) is 13.7. The molecule has 28 heavy (non-hydrogen) atoms. The smallest absolute Gasteiger partial charge is 0.0140 e. The third kappa shape index (κ3) is 6.11. The minimum absolute atomic E-state index is 0.774. The van der Waals surface area contributed by atoms with Crippen LogP contribution in [-0.2, 0) is 0 Å². The minimum Gasteiger partial charge on any atom is -0.103 e. The zero-order valence-corrected chi connectivity index (χ0v) is 18.7. The summed E-state index contributed by atoms with van der Waals surface area (Å²) in [5.74, 6) is 5.13. The van der Waals surface area contributed by atoms with E-state index in [2.05, 4.69) is 38.3 Å². The predicted molar refractivity (Wildman–Crippen MR) is 124 cm³/mol. The van der Waals surface area contributed by atoms with Crippen LogP contribution < -0.4 is 0 Å². The van der Waals surface area contributed by atoms with Gasteiger partial charge in [-0.15, -0.1) is 6.58 Å². The van der Waals surface area contributed by atoms with Crippen molar-refractivity contribution in [3.8, 4) is 0 Å². The zero-order chi connectivity index (χ0) is 19.8. The summed E-state index contributed by atoms with van der Waals surface area (Å²) < 4.78 is 0. The highest BCUT2D eigenvalue weighted by molar-refractivity contribution is 5.13. The van der Waals surface area contributed by atoms with Crippen molar-refractivity contribution >= 4 is 0 Å². The number of allylic oxidation sites excluding steroid dienone is 4. The minimum atomic E-state index is 0.774. The Labute approximate surface area is 176 Å². The third-order valence-electron chi connectivity index (χ3n) is 8.59. The van der Waals surface area contributed by atoms with Crippen molar-refractivity contribution in [1.82, 2.24) is 0 Å². The summed E-state index contributed by atoms with van der Waals surface area (Å²) in [4.78, 5) is 0. The molecule has 0 bridgehead atoms. The first kappa shape index (κ1) is 21.9. The van der Waals surface area contributed by atoms with Crippen molar-refractivity contribution < 1.29 is 0 Å². The fourth-order valence-electron chi connectivity index (χ4n) is 6.41. The molecule has 158 valence electrons. The lowest BCUT2D eigenvalue weighted by molar-refractivity contribution is 0.248. The molecule has 3 fully saturated rings. The van der Waals surface area contributed by atoms with Gasteiger partial charge in [-0.25, -0.2) is 0 Å². The van der Waals surface area contributed by atoms with Gasteiger partial charge in [0.1, 0.15) is 0 Å². The summed E-state index contributed by atoms with van der Waals surface area (Å²) in [5.41, 5.74) is 1.63. The quantitative estimate of drug-likeness (QED) is 0.368. The molecule has 0 spiro atoms. The Morgan fingerprint density at radius 2 is 1.54 bits per heavy atom. The highest BCUT2D eigenvalue weighted by atomic mass is 14.4. The van der Waals surface area contributed by atoms with Crippen molar-refractivity contribution in [2.75, 3.05) is 0 Å². The SMILES string of the molecule is C=CC1CCC(CC/C=C/C2CCCCC2C(=C)C2CCC(CC)CC2)CC1. The molecule has 0 aromatic carbocycles. The zero-order valence-electron chi connectivity index (χ0n) is 18.7. The second kappa shape index (κ2) is 11.4. The van der Waals surface area contributed by atoms with Gasteiger partial charge in [-0.3, -0.25) is 0 Å². The van der Waals surface area contributed by atoms with Crippen LogP contribution in [0.2, 0.25) is 0 Å². The first-order valence-electron chi connectivity index (χ1n) is 12.7. The molecule has 3 aliphatic carbocycles. The standard InChI is InChI=1S/C28H46/c1-4-23-14-16-25(17-15-23)10-6-7-11-27-12-8-9-13-28(27)22(3)26-20-18-24(5-2)19-21-26/h4,7,11,23-28H,1,3,5-6,8-10,12-21H2,2H3/b11-7+. The summed E-state index contributed by atoms with van der Waals surface area (Å²) in [7, 11) is 0. The molecule has 0 heterocycles. The Hall–Kier alpha value is -0.780. The van der Waals surface area contributed by atoms with E-state index < -0.39 is 0 Å². The topological polar surface area (TPSA) is 0 Å². The summed E-state index contributed by atoms with van der Waals surface area (Å²) >= 11 is 0. The molecule has 0 aromatic rings. The van der Waals surface area contributed by atoms with E-state index in [9.17, 15) is 0 Å². The van der Waals surface area contributed by atoms with E-state index in [1.807, 2.05) is 0 Å². The molecule has 0 aromatic heterocycles. The van der Waals surface area contributed by atoms with E-state index in [-0.39, 0.29) is 0 Å². The average molecular weight is 383 g/mol. The molecule has 0 aliphatic heterocycles. The number of hydrogen-bond acceptors (Lipinski definition) is 0. The van der Waals surface area contributed by atoms with Gasteiger partial charge in [0.2, 0.25) is 0 Å². The lowest BCUT2D eigenvalue weighted by Gasteiger charge is -2.37. The van der Waals surface area contributed by atoms with Gasteiger partial charge in [0.15, 0.2) is 0 Å². The highest BCUT2D eigenvalue weighted by Gasteiger charge is 2.31. The van der Waals surface area contributed by atoms with E-state index >= 15 is 0 Å². The van der Waals surface area contributed by atoms with Crippen molar-refractivity contribution in [1.29, 1.82) is 0 Å². The third-order valence-corrected chi connectivity index (χ3v) is 8.59. The van der Waals surface area contributed by atoms with E-state index in [0.717, 1.165) is 35.5 Å². The molecular weight excluding hydrogens is 336 g/mol. The molecule has 3 rings (SSSR count). The molecule has 0 saturated heterocycles. The van der Waals surface area contributed by atoms with Crippen LogP contribution in [0.3, 0.4) is 0 Å². The molecule has 0 amide bonds. The lowest BCUT2D eigenvalue weighted by Crippen LogP contribution is -2.25. The molecule has 3 aliphatic rings. The Morgan fingerprint density at radius 1 is 0.857 bits per heavy atom. The number of hydrogen-bond donors (Lipinski definition) is 0. The lowest BCUT2D eigenvalue weighted by atomic mass is 9.68. The highest BCUT2D eigenvalue weighted by Crippen LogP contribution is 2.43. The molecular formula is C28H46. The van der Waals surface area contributed by atoms with Gasteiger partial charge < -0.3 is 0 Å². The van der Waals surface area contributed by atoms with Crippen LogP contribution in [0.4, 0.5) is 0 Å². The summed E-state index contributed by atoms with van der Waals surface area (Å²) in [6.07, 6.45) is 28.4. The van der Waals surface area contributed by atoms with Gasteiger partial charge in [-0.05, 0) is 113 Å². The summed E-state index contributed by atoms with van der Waals surface area (Å²) in [5, 5.41) is 0. The second-order valence-electron chi connectivity index (χ2n) is 10.3. The van der Waals surface area contributed by atoms with Crippen LogP contribution in [0, 0.1) is 35.5 Å². The molecule has 0 radical (unpaired) electrons. The molecule has 0 N–H and O–H groups in total. The van der Waals surface area contributed by atoms with E-state index in [1.54, 1.807) is 5.57 Å². The van der Waals surface area contributed by atoms with Crippen LogP contribution >= 0.6 is 0 Å². The second-order valence-corrected chi connectivity index (χ2v) is 10.3. The van der Waals surface area contributed by atoms with E-state index in [4.69, 9.17) is 0 Å².